The first-order valence-corrected chi connectivity index (χ1v) is 7.45. The minimum absolute atomic E-state index is 0.563. The van der Waals surface area contributed by atoms with E-state index in [1.807, 2.05) is 49.5 Å². The lowest BCUT2D eigenvalue weighted by atomic mass is 10.2. The summed E-state index contributed by atoms with van der Waals surface area (Å²) in [6.07, 6.45) is 0. The van der Waals surface area contributed by atoms with Crippen LogP contribution in [0.5, 0.6) is 11.5 Å². The fourth-order valence-corrected chi connectivity index (χ4v) is 2.52. The molecular weight excluding hydrogens is 292 g/mol. The first kappa shape index (κ1) is 13.6. The molecule has 3 aromatic rings. The number of hydrogen-bond acceptors (Lipinski definition) is 6. The van der Waals surface area contributed by atoms with E-state index in [2.05, 4.69) is 20.6 Å². The van der Waals surface area contributed by atoms with Crippen LogP contribution in [0.3, 0.4) is 0 Å². The molecule has 0 saturated heterocycles. The molecule has 116 valence electrons. The van der Waals surface area contributed by atoms with E-state index in [0.29, 0.717) is 24.8 Å². The molecule has 0 aliphatic carbocycles. The van der Waals surface area contributed by atoms with Crippen LogP contribution in [0, 0.1) is 0 Å². The molecular formula is C17H16N4O2. The maximum absolute atomic E-state index is 5.61. The molecule has 0 saturated carbocycles. The van der Waals surface area contributed by atoms with Gasteiger partial charge in [-0.25, -0.2) is 9.97 Å². The molecule has 0 unspecified atom stereocenters. The molecule has 1 aliphatic heterocycles. The summed E-state index contributed by atoms with van der Waals surface area (Å²) < 4.78 is 11.2. The molecule has 23 heavy (non-hydrogen) atoms. The van der Waals surface area contributed by atoms with Crippen LogP contribution >= 0.6 is 0 Å². The summed E-state index contributed by atoms with van der Waals surface area (Å²) in [4.78, 5) is 9.23. The molecule has 0 fully saturated rings. The predicted molar refractivity (Wildman–Crippen MR) is 89.8 cm³/mol. The van der Waals surface area contributed by atoms with Crippen LogP contribution in [-0.2, 0) is 0 Å². The molecule has 0 atom stereocenters. The van der Waals surface area contributed by atoms with Crippen LogP contribution in [0.2, 0.25) is 0 Å². The molecule has 6 heteroatoms. The number of hydrogen-bond donors (Lipinski definition) is 2. The smallest absolute Gasteiger partial charge is 0.174 e. The van der Waals surface area contributed by atoms with Gasteiger partial charge in [0.05, 0.1) is 11.0 Å². The monoisotopic (exact) mass is 308 g/mol. The third-order valence-corrected chi connectivity index (χ3v) is 3.61. The van der Waals surface area contributed by atoms with Crippen molar-refractivity contribution in [3.63, 3.8) is 0 Å². The Kier molecular flexibility index (Phi) is 3.34. The second-order valence-electron chi connectivity index (χ2n) is 5.14. The Morgan fingerprint density at radius 2 is 1.57 bits per heavy atom. The lowest BCUT2D eigenvalue weighted by Crippen LogP contribution is -2.15. The number of para-hydroxylation sites is 2. The third-order valence-electron chi connectivity index (χ3n) is 3.61. The Morgan fingerprint density at radius 3 is 2.30 bits per heavy atom. The molecule has 0 spiro atoms. The van der Waals surface area contributed by atoms with Crippen LogP contribution in [0.4, 0.5) is 17.3 Å². The molecule has 1 aliphatic rings. The van der Waals surface area contributed by atoms with Gasteiger partial charge in [0.1, 0.15) is 13.2 Å². The zero-order valence-corrected chi connectivity index (χ0v) is 12.7. The van der Waals surface area contributed by atoms with Gasteiger partial charge in [0.25, 0.3) is 0 Å². The van der Waals surface area contributed by atoms with Crippen molar-refractivity contribution in [3.05, 3.63) is 42.5 Å². The van der Waals surface area contributed by atoms with E-state index in [9.17, 15) is 0 Å². The Labute approximate surface area is 133 Å². The molecule has 0 radical (unpaired) electrons. The van der Waals surface area contributed by atoms with Gasteiger partial charge >= 0.3 is 0 Å². The minimum Gasteiger partial charge on any atom is -0.486 e. The Bertz CT molecular complexity index is 866. The molecule has 0 bridgehead atoms. The molecule has 2 heterocycles. The second-order valence-corrected chi connectivity index (χ2v) is 5.14. The summed E-state index contributed by atoms with van der Waals surface area (Å²) in [5.74, 6) is 2.86. The third kappa shape index (κ3) is 2.59. The predicted octanol–water partition coefficient (Wildman–Crippen LogP) is 3.19. The fraction of sp³-hybridized carbons (Fsp3) is 0.176. The van der Waals surface area contributed by atoms with Crippen molar-refractivity contribution in [1.29, 1.82) is 0 Å². The summed E-state index contributed by atoms with van der Waals surface area (Å²) in [6.45, 7) is 1.15. The van der Waals surface area contributed by atoms with Crippen LogP contribution in [0.1, 0.15) is 0 Å². The maximum Gasteiger partial charge on any atom is 0.174 e. The van der Waals surface area contributed by atoms with Gasteiger partial charge in [0.2, 0.25) is 0 Å². The van der Waals surface area contributed by atoms with Crippen molar-refractivity contribution in [2.45, 2.75) is 0 Å². The van der Waals surface area contributed by atoms with E-state index < -0.39 is 0 Å². The topological polar surface area (TPSA) is 68.3 Å². The van der Waals surface area contributed by atoms with Gasteiger partial charge in [-0.15, -0.1) is 0 Å². The van der Waals surface area contributed by atoms with Crippen molar-refractivity contribution in [2.75, 3.05) is 30.9 Å². The van der Waals surface area contributed by atoms with Gasteiger partial charge in [0.15, 0.2) is 23.1 Å². The Balaban J connectivity index is 1.71. The summed E-state index contributed by atoms with van der Waals surface area (Å²) in [5.41, 5.74) is 2.56. The number of benzene rings is 2. The number of nitrogens with one attached hydrogen (secondary N) is 2. The zero-order valence-electron chi connectivity index (χ0n) is 12.7. The Morgan fingerprint density at radius 1 is 0.870 bits per heavy atom. The lowest BCUT2D eigenvalue weighted by Gasteiger charge is -2.19. The summed E-state index contributed by atoms with van der Waals surface area (Å²) >= 11 is 0. The van der Waals surface area contributed by atoms with E-state index in [-0.39, 0.29) is 0 Å². The van der Waals surface area contributed by atoms with Crippen molar-refractivity contribution in [2.24, 2.45) is 0 Å². The maximum atomic E-state index is 5.61. The minimum atomic E-state index is 0.563. The van der Waals surface area contributed by atoms with Crippen molar-refractivity contribution in [1.82, 2.24) is 9.97 Å². The number of fused-ring (bicyclic) bond motifs is 2. The van der Waals surface area contributed by atoms with E-state index >= 15 is 0 Å². The highest BCUT2D eigenvalue weighted by Crippen LogP contribution is 2.34. The molecule has 2 aromatic carbocycles. The zero-order chi connectivity index (χ0) is 15.6. The van der Waals surface area contributed by atoms with Crippen LogP contribution in [-0.4, -0.2) is 30.2 Å². The van der Waals surface area contributed by atoms with Crippen molar-refractivity contribution < 1.29 is 9.47 Å². The van der Waals surface area contributed by atoms with Gasteiger partial charge in [-0.05, 0) is 24.3 Å². The lowest BCUT2D eigenvalue weighted by molar-refractivity contribution is 0.171. The van der Waals surface area contributed by atoms with Crippen molar-refractivity contribution >= 4 is 28.4 Å². The normalized spacial score (nSPS) is 12.9. The first-order valence-electron chi connectivity index (χ1n) is 7.45. The summed E-state index contributed by atoms with van der Waals surface area (Å²) in [7, 11) is 1.83. The quantitative estimate of drug-likeness (QED) is 0.774. The average molecular weight is 308 g/mol. The Hall–Kier alpha value is -3.02. The van der Waals surface area contributed by atoms with Gasteiger partial charge in [-0.2, -0.15) is 0 Å². The van der Waals surface area contributed by atoms with Gasteiger partial charge in [-0.3, -0.25) is 0 Å². The molecule has 6 nitrogen and oxygen atoms in total. The molecule has 4 rings (SSSR count). The van der Waals surface area contributed by atoms with E-state index in [1.165, 1.54) is 0 Å². The standard InChI is InChI=1S/C17H16N4O2/c1-18-16-17(21-13-5-3-2-4-12(13)20-16)19-11-6-7-14-15(10-11)23-9-8-22-14/h2-7,10H,8-9H2,1H3,(H,18,20)(H,19,21). The van der Waals surface area contributed by atoms with E-state index in [1.54, 1.807) is 0 Å². The van der Waals surface area contributed by atoms with Crippen LogP contribution in [0.15, 0.2) is 42.5 Å². The fourth-order valence-electron chi connectivity index (χ4n) is 2.52. The van der Waals surface area contributed by atoms with Gasteiger partial charge in [0, 0.05) is 18.8 Å². The summed E-state index contributed by atoms with van der Waals surface area (Å²) in [6, 6.07) is 13.5. The molecule has 1 aromatic heterocycles. The van der Waals surface area contributed by atoms with Gasteiger partial charge < -0.3 is 20.1 Å². The highest BCUT2D eigenvalue weighted by molar-refractivity contribution is 5.81. The molecule has 0 amide bonds. The van der Waals surface area contributed by atoms with E-state index in [4.69, 9.17) is 9.47 Å². The number of rotatable bonds is 3. The largest absolute Gasteiger partial charge is 0.486 e. The van der Waals surface area contributed by atoms with E-state index in [0.717, 1.165) is 28.2 Å². The highest BCUT2D eigenvalue weighted by atomic mass is 16.6. The van der Waals surface area contributed by atoms with Crippen LogP contribution < -0.4 is 20.1 Å². The number of aromatic nitrogens is 2. The SMILES string of the molecule is CNc1nc2ccccc2nc1Nc1ccc2c(c1)OCCO2. The molecule has 2 N–H and O–H groups in total. The number of anilines is 3. The first-order chi connectivity index (χ1) is 11.3. The van der Waals surface area contributed by atoms with Gasteiger partial charge in [-0.1, -0.05) is 12.1 Å². The van der Waals surface area contributed by atoms with Crippen LogP contribution in [0.25, 0.3) is 11.0 Å². The summed E-state index contributed by atoms with van der Waals surface area (Å²) in [5, 5.41) is 6.37. The highest BCUT2D eigenvalue weighted by Gasteiger charge is 2.13. The average Bonchev–Trinajstić information content (AvgIpc) is 2.61. The van der Waals surface area contributed by atoms with Crippen molar-refractivity contribution in [3.8, 4) is 11.5 Å². The number of ether oxygens (including phenoxy) is 2. The second kappa shape index (κ2) is 5.64. The number of nitrogens with zero attached hydrogens (tertiary/aromatic N) is 2.